The molecule has 1 heterocycles. The van der Waals surface area contributed by atoms with Crippen LogP contribution in [0, 0.1) is 6.07 Å². The Bertz CT molecular complexity index is 492. The average Bonchev–Trinajstić information content (AvgIpc) is 2.98. The SMILES string of the molecule is CCCCCCOC1=CC(CCCC)(c2cc[c]cc2)N=C1. The van der Waals surface area contributed by atoms with Gasteiger partial charge in [0.1, 0.15) is 11.3 Å². The molecule has 1 aliphatic rings. The minimum Gasteiger partial charge on any atom is -0.492 e. The molecule has 1 radical (unpaired) electrons. The van der Waals surface area contributed by atoms with Crippen LogP contribution in [-0.4, -0.2) is 12.8 Å². The fraction of sp³-hybridized carbons (Fsp3) is 0.550. The number of hydrogen-bond donors (Lipinski definition) is 0. The van der Waals surface area contributed by atoms with Gasteiger partial charge in [-0.15, -0.1) is 0 Å². The normalized spacial score (nSPS) is 20.2. The molecular formula is C20H28NO. The van der Waals surface area contributed by atoms with E-state index in [-0.39, 0.29) is 5.54 Å². The predicted molar refractivity (Wildman–Crippen MR) is 93.2 cm³/mol. The quantitative estimate of drug-likeness (QED) is 0.527. The molecule has 0 aliphatic carbocycles. The van der Waals surface area contributed by atoms with Crippen molar-refractivity contribution in [1.82, 2.24) is 0 Å². The van der Waals surface area contributed by atoms with Crippen LogP contribution in [0.3, 0.4) is 0 Å². The zero-order chi connectivity index (χ0) is 15.7. The number of ether oxygens (including phenoxy) is 1. The maximum atomic E-state index is 5.91. The summed E-state index contributed by atoms with van der Waals surface area (Å²) < 4.78 is 5.91. The van der Waals surface area contributed by atoms with E-state index in [1.165, 1.54) is 31.2 Å². The highest BCUT2D eigenvalue weighted by Gasteiger charge is 2.32. The second-order valence-corrected chi connectivity index (χ2v) is 6.03. The van der Waals surface area contributed by atoms with Crippen molar-refractivity contribution < 1.29 is 4.74 Å². The molecule has 1 aromatic carbocycles. The highest BCUT2D eigenvalue weighted by molar-refractivity contribution is 5.80. The fourth-order valence-corrected chi connectivity index (χ4v) is 2.85. The van der Waals surface area contributed by atoms with Gasteiger partial charge < -0.3 is 4.74 Å². The van der Waals surface area contributed by atoms with Gasteiger partial charge in [-0.05, 0) is 30.5 Å². The fourth-order valence-electron chi connectivity index (χ4n) is 2.85. The molecule has 119 valence electrons. The Morgan fingerprint density at radius 1 is 1.05 bits per heavy atom. The highest BCUT2D eigenvalue weighted by atomic mass is 16.5. The Balaban J connectivity index is 2.01. The van der Waals surface area contributed by atoms with Gasteiger partial charge in [-0.2, -0.15) is 0 Å². The number of benzene rings is 1. The molecule has 1 atom stereocenters. The van der Waals surface area contributed by atoms with Crippen molar-refractivity contribution in [2.24, 2.45) is 4.99 Å². The van der Waals surface area contributed by atoms with Crippen LogP contribution in [0.15, 0.2) is 41.1 Å². The molecule has 22 heavy (non-hydrogen) atoms. The number of allylic oxidation sites excluding steroid dienone is 1. The first-order chi connectivity index (χ1) is 10.8. The van der Waals surface area contributed by atoms with Crippen LogP contribution in [0.4, 0.5) is 0 Å². The van der Waals surface area contributed by atoms with Crippen molar-refractivity contribution in [3.05, 3.63) is 47.7 Å². The van der Waals surface area contributed by atoms with Gasteiger partial charge in [0.15, 0.2) is 0 Å². The van der Waals surface area contributed by atoms with E-state index in [0.29, 0.717) is 0 Å². The van der Waals surface area contributed by atoms with Gasteiger partial charge in [-0.1, -0.05) is 70.2 Å². The summed E-state index contributed by atoms with van der Waals surface area (Å²) in [5.74, 6) is 0.931. The van der Waals surface area contributed by atoms with Gasteiger partial charge >= 0.3 is 0 Å². The molecular weight excluding hydrogens is 270 g/mol. The Kier molecular flexibility index (Phi) is 6.70. The van der Waals surface area contributed by atoms with Crippen LogP contribution < -0.4 is 0 Å². The highest BCUT2D eigenvalue weighted by Crippen LogP contribution is 2.37. The molecule has 0 N–H and O–H groups in total. The standard InChI is InChI=1S/C20H28NO/c1-3-5-7-11-15-22-19-16-20(21-17-19,14-6-4-2)18-12-9-8-10-13-18/h9-10,12-13,16-17H,3-7,11,14-15H2,1-2H3. The minimum absolute atomic E-state index is 0.232. The average molecular weight is 298 g/mol. The van der Waals surface area contributed by atoms with Crippen molar-refractivity contribution in [2.45, 2.75) is 64.3 Å². The van der Waals surface area contributed by atoms with E-state index in [9.17, 15) is 0 Å². The lowest BCUT2D eigenvalue weighted by molar-refractivity contribution is 0.224. The lowest BCUT2D eigenvalue weighted by atomic mass is 9.86. The lowest BCUT2D eigenvalue weighted by Gasteiger charge is -2.24. The zero-order valence-electron chi connectivity index (χ0n) is 14.0. The topological polar surface area (TPSA) is 21.6 Å². The van der Waals surface area contributed by atoms with Crippen LogP contribution >= 0.6 is 0 Å². The summed E-state index contributed by atoms with van der Waals surface area (Å²) in [5.41, 5.74) is 1.00. The molecule has 0 fully saturated rings. The zero-order valence-corrected chi connectivity index (χ0v) is 14.0. The van der Waals surface area contributed by atoms with Crippen LogP contribution in [0.2, 0.25) is 0 Å². The summed E-state index contributed by atoms with van der Waals surface area (Å²) in [6, 6.07) is 11.3. The smallest absolute Gasteiger partial charge is 0.135 e. The van der Waals surface area contributed by atoms with Crippen molar-refractivity contribution in [2.75, 3.05) is 6.61 Å². The number of hydrogen-bond acceptors (Lipinski definition) is 2. The van der Waals surface area contributed by atoms with E-state index in [4.69, 9.17) is 9.73 Å². The van der Waals surface area contributed by atoms with Crippen molar-refractivity contribution in [3.63, 3.8) is 0 Å². The molecule has 0 amide bonds. The Morgan fingerprint density at radius 3 is 2.55 bits per heavy atom. The minimum atomic E-state index is -0.232. The van der Waals surface area contributed by atoms with Gasteiger partial charge in [0.05, 0.1) is 12.8 Å². The molecule has 0 spiro atoms. The van der Waals surface area contributed by atoms with Crippen molar-refractivity contribution >= 4 is 6.21 Å². The predicted octanol–water partition coefficient (Wildman–Crippen LogP) is 5.44. The summed E-state index contributed by atoms with van der Waals surface area (Å²) >= 11 is 0. The monoisotopic (exact) mass is 298 g/mol. The molecule has 0 saturated heterocycles. The van der Waals surface area contributed by atoms with Gasteiger partial charge in [0, 0.05) is 0 Å². The van der Waals surface area contributed by atoms with Crippen LogP contribution in [0.25, 0.3) is 0 Å². The molecule has 1 aliphatic heterocycles. The third kappa shape index (κ3) is 4.46. The molecule has 2 heteroatoms. The van der Waals surface area contributed by atoms with Crippen molar-refractivity contribution in [1.29, 1.82) is 0 Å². The maximum absolute atomic E-state index is 5.91. The van der Waals surface area contributed by atoms with Gasteiger partial charge in [-0.3, -0.25) is 4.99 Å². The Hall–Kier alpha value is -1.57. The van der Waals surface area contributed by atoms with Crippen LogP contribution in [0.5, 0.6) is 0 Å². The second-order valence-electron chi connectivity index (χ2n) is 6.03. The number of aliphatic imine (C=N–C) groups is 1. The summed E-state index contributed by atoms with van der Waals surface area (Å²) in [6.07, 6.45) is 12.4. The van der Waals surface area contributed by atoms with Gasteiger partial charge in [0.25, 0.3) is 0 Å². The molecule has 1 aromatic rings. The molecule has 2 nitrogen and oxygen atoms in total. The van der Waals surface area contributed by atoms with E-state index >= 15 is 0 Å². The molecule has 0 bridgehead atoms. The van der Waals surface area contributed by atoms with Crippen LogP contribution in [0.1, 0.15) is 64.4 Å². The number of rotatable bonds is 10. The van der Waals surface area contributed by atoms with E-state index < -0.39 is 0 Å². The number of nitrogens with zero attached hydrogens (tertiary/aromatic N) is 1. The van der Waals surface area contributed by atoms with Crippen molar-refractivity contribution in [3.8, 4) is 0 Å². The summed E-state index contributed by atoms with van der Waals surface area (Å²) in [4.78, 5) is 4.81. The molecule has 0 aromatic heterocycles. The summed E-state index contributed by atoms with van der Waals surface area (Å²) in [7, 11) is 0. The lowest BCUT2D eigenvalue weighted by Crippen LogP contribution is -2.19. The molecule has 1 unspecified atom stereocenters. The first-order valence-electron chi connectivity index (χ1n) is 8.68. The first kappa shape index (κ1) is 16.8. The summed E-state index contributed by atoms with van der Waals surface area (Å²) in [5, 5.41) is 0. The van der Waals surface area contributed by atoms with E-state index in [2.05, 4.69) is 38.1 Å². The first-order valence-corrected chi connectivity index (χ1v) is 8.68. The molecule has 0 saturated carbocycles. The maximum Gasteiger partial charge on any atom is 0.135 e. The largest absolute Gasteiger partial charge is 0.492 e. The van der Waals surface area contributed by atoms with E-state index in [1.807, 2.05) is 18.3 Å². The van der Waals surface area contributed by atoms with Gasteiger partial charge in [-0.25, -0.2) is 0 Å². The Labute approximate surface area is 135 Å². The van der Waals surface area contributed by atoms with E-state index in [0.717, 1.165) is 31.6 Å². The van der Waals surface area contributed by atoms with Gasteiger partial charge in [0.2, 0.25) is 0 Å². The third-order valence-corrected chi connectivity index (χ3v) is 4.20. The van der Waals surface area contributed by atoms with E-state index in [1.54, 1.807) is 0 Å². The second kappa shape index (κ2) is 8.77. The number of unbranched alkanes of at least 4 members (excludes halogenated alkanes) is 4. The summed E-state index contributed by atoms with van der Waals surface area (Å²) in [6.45, 7) is 5.25. The van der Waals surface area contributed by atoms with Crippen LogP contribution in [-0.2, 0) is 10.3 Å². The molecule has 2 rings (SSSR count). The third-order valence-electron chi connectivity index (χ3n) is 4.20. The Morgan fingerprint density at radius 2 is 1.82 bits per heavy atom.